The van der Waals surface area contributed by atoms with Crippen LogP contribution in [0.15, 0.2) is 60.2 Å². The summed E-state index contributed by atoms with van der Waals surface area (Å²) in [6, 6.07) is 14.1. The summed E-state index contributed by atoms with van der Waals surface area (Å²) in [5.74, 6) is -0.355. The van der Waals surface area contributed by atoms with Crippen molar-refractivity contribution in [3.05, 3.63) is 87.0 Å². The third-order valence-electron chi connectivity index (χ3n) is 7.03. The van der Waals surface area contributed by atoms with Crippen LogP contribution in [0.25, 0.3) is 5.57 Å². The van der Waals surface area contributed by atoms with Crippen LogP contribution >= 0.6 is 0 Å². The molecular formula is C27H27N3O4. The predicted molar refractivity (Wildman–Crippen MR) is 130 cm³/mol. The molecule has 1 heterocycles. The molecule has 0 spiro atoms. The molecule has 0 N–H and O–H groups in total. The zero-order chi connectivity index (χ0) is 24.7. The number of hydrogen-bond donors (Lipinski definition) is 0. The van der Waals surface area contributed by atoms with Crippen molar-refractivity contribution in [2.45, 2.75) is 27.2 Å². The van der Waals surface area contributed by atoms with E-state index in [1.165, 1.54) is 24.3 Å². The van der Waals surface area contributed by atoms with Crippen LogP contribution in [0.5, 0.6) is 0 Å². The number of nitrogens with zero attached hydrogens (tertiary/aromatic N) is 3. The number of rotatable bonds is 4. The number of esters is 1. The van der Waals surface area contributed by atoms with Crippen LogP contribution in [0.1, 0.15) is 48.7 Å². The van der Waals surface area contributed by atoms with Crippen molar-refractivity contribution in [3.63, 3.8) is 0 Å². The zero-order valence-corrected chi connectivity index (χ0v) is 19.8. The van der Waals surface area contributed by atoms with Gasteiger partial charge in [0.05, 0.1) is 29.2 Å². The molecule has 1 aliphatic carbocycles. The minimum absolute atomic E-state index is 0.0736. The maximum atomic E-state index is 11.8. The smallest absolute Gasteiger partial charge is 0.337 e. The Hall–Kier alpha value is -3.92. The van der Waals surface area contributed by atoms with E-state index in [1.54, 1.807) is 24.3 Å². The van der Waals surface area contributed by atoms with E-state index in [-0.39, 0.29) is 28.1 Å². The van der Waals surface area contributed by atoms with E-state index in [1.807, 2.05) is 18.2 Å². The number of ether oxygens (including phenoxy) is 1. The van der Waals surface area contributed by atoms with Crippen molar-refractivity contribution >= 4 is 22.9 Å². The van der Waals surface area contributed by atoms with Gasteiger partial charge in [0.15, 0.2) is 0 Å². The van der Waals surface area contributed by atoms with Crippen LogP contribution in [0.2, 0.25) is 0 Å². The summed E-state index contributed by atoms with van der Waals surface area (Å²) in [6.45, 7) is 7.96. The Morgan fingerprint density at radius 3 is 2.47 bits per heavy atom. The highest BCUT2D eigenvalue weighted by atomic mass is 16.6. The van der Waals surface area contributed by atoms with Gasteiger partial charge in [0, 0.05) is 41.7 Å². The third-order valence-corrected chi connectivity index (χ3v) is 7.03. The number of fused-ring (bicyclic) bond motifs is 1. The monoisotopic (exact) mass is 457 g/mol. The van der Waals surface area contributed by atoms with Gasteiger partial charge in [-0.05, 0) is 35.8 Å². The summed E-state index contributed by atoms with van der Waals surface area (Å²) in [5.41, 5.74) is 4.64. The van der Waals surface area contributed by atoms with Crippen LogP contribution in [-0.2, 0) is 4.74 Å². The Morgan fingerprint density at radius 2 is 1.85 bits per heavy atom. The third kappa shape index (κ3) is 3.96. The van der Waals surface area contributed by atoms with Crippen molar-refractivity contribution in [2.24, 2.45) is 10.8 Å². The molecule has 0 unspecified atom stereocenters. The molecule has 0 saturated carbocycles. The fourth-order valence-electron chi connectivity index (χ4n) is 5.46. The summed E-state index contributed by atoms with van der Waals surface area (Å²) in [5, 5.41) is 20.7. The molecule has 1 aliphatic heterocycles. The fourth-order valence-corrected chi connectivity index (χ4v) is 5.46. The van der Waals surface area contributed by atoms with Crippen molar-refractivity contribution in [1.29, 1.82) is 5.26 Å². The van der Waals surface area contributed by atoms with Gasteiger partial charge in [-0.1, -0.05) is 50.6 Å². The predicted octanol–water partition coefficient (Wildman–Crippen LogP) is 5.52. The number of hydrogen-bond acceptors (Lipinski definition) is 6. The van der Waals surface area contributed by atoms with E-state index in [9.17, 15) is 20.2 Å². The first-order valence-electron chi connectivity index (χ1n) is 11.1. The minimum atomic E-state index is -0.457. The number of carbonyl (C=O) groups is 1. The Labute approximate surface area is 199 Å². The first-order chi connectivity index (χ1) is 16.1. The lowest BCUT2D eigenvalue weighted by Crippen LogP contribution is -2.47. The largest absolute Gasteiger partial charge is 0.465 e. The first kappa shape index (κ1) is 23.2. The fraction of sp³-hybridized carbons (Fsp3) is 0.333. The van der Waals surface area contributed by atoms with Crippen molar-refractivity contribution < 1.29 is 14.5 Å². The quantitative estimate of drug-likeness (QED) is 0.260. The van der Waals surface area contributed by atoms with Crippen molar-refractivity contribution in [3.8, 4) is 6.07 Å². The summed E-state index contributed by atoms with van der Waals surface area (Å²) in [4.78, 5) is 24.8. The maximum absolute atomic E-state index is 11.8. The molecule has 34 heavy (non-hydrogen) atoms. The lowest BCUT2D eigenvalue weighted by molar-refractivity contribution is -0.384. The number of nitro groups is 1. The molecule has 1 atom stereocenters. The number of non-ortho nitro benzene ring substituents is 1. The van der Waals surface area contributed by atoms with Gasteiger partial charge in [0.2, 0.25) is 0 Å². The number of benzene rings is 2. The van der Waals surface area contributed by atoms with E-state index in [2.05, 4.69) is 37.8 Å². The molecule has 4 rings (SSSR count). The molecule has 0 fully saturated rings. The molecule has 2 aliphatic rings. The second-order valence-corrected chi connectivity index (χ2v) is 9.68. The van der Waals surface area contributed by atoms with Crippen LogP contribution < -0.4 is 4.90 Å². The molecule has 0 amide bonds. The van der Waals surface area contributed by atoms with E-state index < -0.39 is 4.92 Å². The topological polar surface area (TPSA) is 96.5 Å². The maximum Gasteiger partial charge on any atom is 0.337 e. The van der Waals surface area contributed by atoms with Crippen molar-refractivity contribution in [2.75, 3.05) is 25.1 Å². The van der Waals surface area contributed by atoms with E-state index in [0.717, 1.165) is 12.0 Å². The lowest BCUT2D eigenvalue weighted by Gasteiger charge is -2.51. The second-order valence-electron chi connectivity index (χ2n) is 9.68. The lowest BCUT2D eigenvalue weighted by atomic mass is 9.58. The van der Waals surface area contributed by atoms with Gasteiger partial charge in [0.25, 0.3) is 5.69 Å². The van der Waals surface area contributed by atoms with Crippen LogP contribution in [0, 0.1) is 32.3 Å². The number of carbonyl (C=O) groups excluding carboxylic acids is 1. The Bertz CT molecular complexity index is 1270. The number of nitriles is 1. The van der Waals surface area contributed by atoms with Gasteiger partial charge in [-0.3, -0.25) is 10.1 Å². The first-order valence-corrected chi connectivity index (χ1v) is 11.1. The average molecular weight is 458 g/mol. The molecule has 0 aromatic heterocycles. The Kier molecular flexibility index (Phi) is 5.78. The molecule has 0 radical (unpaired) electrons. The van der Waals surface area contributed by atoms with Gasteiger partial charge < -0.3 is 9.64 Å². The molecular weight excluding hydrogens is 430 g/mol. The van der Waals surface area contributed by atoms with Crippen LogP contribution in [0.4, 0.5) is 11.4 Å². The van der Waals surface area contributed by atoms with E-state index >= 15 is 0 Å². The molecule has 7 heteroatoms. The highest BCUT2D eigenvalue weighted by molar-refractivity contribution is 5.90. The number of nitro benzene ring substituents is 1. The summed E-state index contributed by atoms with van der Waals surface area (Å²) in [7, 11) is 1.37. The van der Waals surface area contributed by atoms with Gasteiger partial charge in [-0.2, -0.15) is 5.26 Å². The Balaban J connectivity index is 1.66. The van der Waals surface area contributed by atoms with Gasteiger partial charge >= 0.3 is 5.97 Å². The van der Waals surface area contributed by atoms with Gasteiger partial charge in [0.1, 0.15) is 0 Å². The summed E-state index contributed by atoms with van der Waals surface area (Å²) >= 11 is 0. The molecule has 0 saturated heterocycles. The zero-order valence-electron chi connectivity index (χ0n) is 19.8. The minimum Gasteiger partial charge on any atom is -0.465 e. The van der Waals surface area contributed by atoms with Crippen molar-refractivity contribution in [1.82, 2.24) is 0 Å². The van der Waals surface area contributed by atoms with Gasteiger partial charge in [-0.15, -0.1) is 0 Å². The number of methoxy groups -OCH3 is 1. The molecule has 2 aromatic rings. The summed E-state index contributed by atoms with van der Waals surface area (Å²) in [6.07, 6.45) is 5.30. The Morgan fingerprint density at radius 1 is 1.15 bits per heavy atom. The highest BCUT2D eigenvalue weighted by Crippen LogP contribution is 2.55. The highest BCUT2D eigenvalue weighted by Gasteiger charge is 2.45. The molecule has 0 bridgehead atoms. The standard InChI is InChI=1S/C27H27N3O4/c1-26(2)23(19-5-7-20(8-6-19)25(31)34-4)9-11-27(3)17-29(12-10-24(26)27)21-13-18(16-28)14-22(15-21)30(32)33/h5-10,13-15H,11-12,17H2,1-4H3/t27-/m1/s1. The van der Waals surface area contributed by atoms with E-state index in [0.29, 0.717) is 24.3 Å². The van der Waals surface area contributed by atoms with E-state index in [4.69, 9.17) is 4.74 Å². The molecule has 7 nitrogen and oxygen atoms in total. The summed E-state index contributed by atoms with van der Waals surface area (Å²) < 4.78 is 4.81. The second kappa shape index (κ2) is 8.45. The van der Waals surface area contributed by atoms with Crippen LogP contribution in [-0.4, -0.2) is 31.1 Å². The van der Waals surface area contributed by atoms with Gasteiger partial charge in [-0.25, -0.2) is 4.79 Å². The molecule has 2 aromatic carbocycles. The SMILES string of the molecule is COC(=O)c1ccc(C2=CC[C@]3(C)CN(c4cc(C#N)cc([N+](=O)[O-])c4)CC=C3C2(C)C)cc1. The normalized spacial score (nSPS) is 21.0. The van der Waals surface area contributed by atoms with Crippen LogP contribution in [0.3, 0.4) is 0 Å². The molecule has 174 valence electrons. The number of anilines is 1. The number of allylic oxidation sites excluding steroid dienone is 2. The average Bonchev–Trinajstić information content (AvgIpc) is 2.82.